The second kappa shape index (κ2) is 7.18. The standard InChI is InChI=1S/C19H25N3O2/c1-14-9-15(2)24-18(14)19(23)22-8-6-17(13-22)12-21(3)11-16-5-4-7-20-10-16/h4-5,7,9-10,17H,6,8,11-13H2,1-3H3. The molecule has 24 heavy (non-hydrogen) atoms. The maximum Gasteiger partial charge on any atom is 0.289 e. The number of hydrogen-bond donors (Lipinski definition) is 0. The van der Waals surface area contributed by atoms with Crippen LogP contribution in [0.3, 0.4) is 0 Å². The first-order valence-corrected chi connectivity index (χ1v) is 8.46. The monoisotopic (exact) mass is 327 g/mol. The van der Waals surface area contributed by atoms with Gasteiger partial charge in [-0.15, -0.1) is 0 Å². The highest BCUT2D eigenvalue weighted by molar-refractivity contribution is 5.93. The van der Waals surface area contributed by atoms with Crippen LogP contribution in [0.1, 0.15) is 33.9 Å². The van der Waals surface area contributed by atoms with Gasteiger partial charge in [-0.2, -0.15) is 0 Å². The summed E-state index contributed by atoms with van der Waals surface area (Å²) in [5.74, 6) is 1.82. The van der Waals surface area contributed by atoms with Crippen molar-refractivity contribution in [3.8, 4) is 0 Å². The lowest BCUT2D eigenvalue weighted by atomic mass is 10.1. The summed E-state index contributed by atoms with van der Waals surface area (Å²) in [5.41, 5.74) is 2.14. The average Bonchev–Trinajstić information content (AvgIpc) is 3.14. The summed E-state index contributed by atoms with van der Waals surface area (Å²) < 4.78 is 5.58. The van der Waals surface area contributed by atoms with E-state index in [1.165, 1.54) is 5.56 Å². The van der Waals surface area contributed by atoms with Crippen molar-refractivity contribution in [2.75, 3.05) is 26.7 Å². The van der Waals surface area contributed by atoms with E-state index in [1.54, 1.807) is 6.20 Å². The number of rotatable bonds is 5. The van der Waals surface area contributed by atoms with Crippen LogP contribution >= 0.6 is 0 Å². The molecule has 1 aliphatic rings. The predicted molar refractivity (Wildman–Crippen MR) is 92.8 cm³/mol. The third-order valence-electron chi connectivity index (χ3n) is 4.55. The fourth-order valence-corrected chi connectivity index (χ4v) is 3.47. The van der Waals surface area contributed by atoms with Crippen molar-refractivity contribution in [3.05, 3.63) is 53.2 Å². The van der Waals surface area contributed by atoms with Crippen LogP contribution in [0, 0.1) is 19.8 Å². The van der Waals surface area contributed by atoms with E-state index in [0.717, 1.165) is 43.9 Å². The molecule has 1 atom stereocenters. The maximum atomic E-state index is 12.6. The number of aryl methyl sites for hydroxylation is 2. The van der Waals surface area contributed by atoms with Crippen molar-refractivity contribution < 1.29 is 9.21 Å². The number of furan rings is 1. The second-order valence-corrected chi connectivity index (χ2v) is 6.83. The molecule has 3 heterocycles. The van der Waals surface area contributed by atoms with Gasteiger partial charge in [0.05, 0.1) is 0 Å². The highest BCUT2D eigenvalue weighted by atomic mass is 16.4. The van der Waals surface area contributed by atoms with Gasteiger partial charge in [-0.1, -0.05) is 6.07 Å². The van der Waals surface area contributed by atoms with Crippen LogP contribution in [-0.2, 0) is 6.54 Å². The third-order valence-corrected chi connectivity index (χ3v) is 4.55. The van der Waals surface area contributed by atoms with Gasteiger partial charge in [0.15, 0.2) is 5.76 Å². The molecule has 0 N–H and O–H groups in total. The molecule has 2 aromatic rings. The van der Waals surface area contributed by atoms with Crippen molar-refractivity contribution in [2.45, 2.75) is 26.8 Å². The van der Waals surface area contributed by atoms with Gasteiger partial charge >= 0.3 is 0 Å². The lowest BCUT2D eigenvalue weighted by Gasteiger charge is -2.21. The van der Waals surface area contributed by atoms with Crippen molar-refractivity contribution in [2.24, 2.45) is 5.92 Å². The molecule has 2 aromatic heterocycles. The van der Waals surface area contributed by atoms with E-state index in [1.807, 2.05) is 37.1 Å². The van der Waals surface area contributed by atoms with Crippen LogP contribution in [0.4, 0.5) is 0 Å². The van der Waals surface area contributed by atoms with Gasteiger partial charge < -0.3 is 14.2 Å². The first kappa shape index (κ1) is 16.7. The Morgan fingerprint density at radius 2 is 2.29 bits per heavy atom. The van der Waals surface area contributed by atoms with E-state index in [-0.39, 0.29) is 5.91 Å². The Balaban J connectivity index is 1.53. The van der Waals surface area contributed by atoms with Crippen LogP contribution in [0.5, 0.6) is 0 Å². The molecule has 0 aliphatic carbocycles. The Bertz CT molecular complexity index is 696. The average molecular weight is 327 g/mol. The molecule has 1 amide bonds. The Morgan fingerprint density at radius 1 is 1.46 bits per heavy atom. The molecule has 0 saturated carbocycles. The number of hydrogen-bond acceptors (Lipinski definition) is 4. The Hall–Kier alpha value is -2.14. The molecule has 0 aromatic carbocycles. The number of amides is 1. The first-order chi connectivity index (χ1) is 11.5. The molecule has 1 saturated heterocycles. The quantitative estimate of drug-likeness (QED) is 0.847. The minimum Gasteiger partial charge on any atom is -0.456 e. The summed E-state index contributed by atoms with van der Waals surface area (Å²) in [6.07, 6.45) is 4.74. The molecule has 5 nitrogen and oxygen atoms in total. The van der Waals surface area contributed by atoms with Gasteiger partial charge in [0, 0.05) is 44.1 Å². The molecular weight excluding hydrogens is 302 g/mol. The summed E-state index contributed by atoms with van der Waals surface area (Å²) in [4.78, 5) is 21.0. The highest BCUT2D eigenvalue weighted by Gasteiger charge is 2.30. The second-order valence-electron chi connectivity index (χ2n) is 6.83. The topological polar surface area (TPSA) is 49.6 Å². The third kappa shape index (κ3) is 3.85. The van der Waals surface area contributed by atoms with Crippen LogP contribution in [0.2, 0.25) is 0 Å². The Morgan fingerprint density at radius 3 is 2.96 bits per heavy atom. The molecule has 0 bridgehead atoms. The molecule has 3 rings (SSSR count). The van der Waals surface area contributed by atoms with E-state index in [0.29, 0.717) is 11.7 Å². The molecular formula is C19H25N3O2. The normalized spacial score (nSPS) is 17.7. The van der Waals surface area contributed by atoms with Crippen LogP contribution in [-0.4, -0.2) is 47.4 Å². The minimum absolute atomic E-state index is 0.0259. The van der Waals surface area contributed by atoms with Crippen molar-refractivity contribution in [1.82, 2.24) is 14.8 Å². The number of nitrogens with zero attached hydrogens (tertiary/aromatic N) is 3. The van der Waals surface area contributed by atoms with Crippen molar-refractivity contribution >= 4 is 5.91 Å². The fourth-order valence-electron chi connectivity index (χ4n) is 3.47. The highest BCUT2D eigenvalue weighted by Crippen LogP contribution is 2.22. The van der Waals surface area contributed by atoms with E-state index < -0.39 is 0 Å². The van der Waals surface area contributed by atoms with Gasteiger partial charge in [0.1, 0.15) is 5.76 Å². The van der Waals surface area contributed by atoms with Crippen LogP contribution in [0.15, 0.2) is 35.0 Å². The van der Waals surface area contributed by atoms with Crippen molar-refractivity contribution in [1.29, 1.82) is 0 Å². The number of aromatic nitrogens is 1. The number of pyridine rings is 1. The summed E-state index contributed by atoms with van der Waals surface area (Å²) in [6.45, 7) is 7.28. The zero-order chi connectivity index (χ0) is 17.1. The number of carbonyl (C=O) groups is 1. The molecule has 0 radical (unpaired) electrons. The zero-order valence-electron chi connectivity index (χ0n) is 14.7. The van der Waals surface area contributed by atoms with Crippen LogP contribution < -0.4 is 0 Å². The van der Waals surface area contributed by atoms with Gasteiger partial charge in [0.2, 0.25) is 0 Å². The smallest absolute Gasteiger partial charge is 0.289 e. The molecule has 128 valence electrons. The maximum absolute atomic E-state index is 12.6. The Labute approximate surface area is 143 Å². The Kier molecular flexibility index (Phi) is 5.00. The van der Waals surface area contributed by atoms with Gasteiger partial charge in [0.25, 0.3) is 5.91 Å². The largest absolute Gasteiger partial charge is 0.456 e. The predicted octanol–water partition coefficient (Wildman–Crippen LogP) is 2.89. The van der Waals surface area contributed by atoms with Gasteiger partial charge in [-0.05, 0) is 50.9 Å². The molecule has 1 aliphatic heterocycles. The lowest BCUT2D eigenvalue weighted by Crippen LogP contribution is -2.31. The SMILES string of the molecule is Cc1cc(C)c(C(=O)N2CCC(CN(C)Cc3cccnc3)C2)o1. The molecule has 0 spiro atoms. The zero-order valence-corrected chi connectivity index (χ0v) is 14.7. The van der Waals surface area contributed by atoms with E-state index in [9.17, 15) is 4.79 Å². The van der Waals surface area contributed by atoms with Gasteiger partial charge in [-0.3, -0.25) is 9.78 Å². The number of likely N-dealkylation sites (tertiary alicyclic amines) is 1. The summed E-state index contributed by atoms with van der Waals surface area (Å²) in [6, 6.07) is 5.98. The van der Waals surface area contributed by atoms with E-state index in [2.05, 4.69) is 23.0 Å². The fraction of sp³-hybridized carbons (Fsp3) is 0.474. The lowest BCUT2D eigenvalue weighted by molar-refractivity contribution is 0.0750. The van der Waals surface area contributed by atoms with Crippen molar-refractivity contribution in [3.63, 3.8) is 0 Å². The minimum atomic E-state index is 0.0259. The summed E-state index contributed by atoms with van der Waals surface area (Å²) >= 11 is 0. The first-order valence-electron chi connectivity index (χ1n) is 8.46. The molecule has 1 unspecified atom stereocenters. The van der Waals surface area contributed by atoms with Crippen LogP contribution in [0.25, 0.3) is 0 Å². The molecule has 5 heteroatoms. The van der Waals surface area contributed by atoms with Gasteiger partial charge in [-0.25, -0.2) is 0 Å². The number of carbonyl (C=O) groups excluding carboxylic acids is 1. The van der Waals surface area contributed by atoms with E-state index in [4.69, 9.17) is 4.42 Å². The van der Waals surface area contributed by atoms with E-state index >= 15 is 0 Å². The summed E-state index contributed by atoms with van der Waals surface area (Å²) in [5, 5.41) is 0. The summed E-state index contributed by atoms with van der Waals surface area (Å²) in [7, 11) is 2.12. The molecule has 1 fully saturated rings.